The van der Waals surface area contributed by atoms with Crippen LogP contribution in [0.2, 0.25) is 0 Å². The number of rotatable bonds is 10. The van der Waals surface area contributed by atoms with Crippen molar-refractivity contribution >= 4 is 17.3 Å². The number of aromatic nitrogens is 3. The zero-order chi connectivity index (χ0) is 18.8. The molecule has 2 rings (SSSR count). The standard InChI is InChI=1S/C18H30N6OS/c1-14(11-16-7-5-10-26-16)12-20-18(19-8-6-9-25-4)21-13-17-23-22-15(2)24(17)3/h5,7,10,14H,6,8-9,11-13H2,1-4H3,(H2,19,20,21). The van der Waals surface area contributed by atoms with Crippen molar-refractivity contribution in [2.45, 2.75) is 33.2 Å². The van der Waals surface area contributed by atoms with Crippen LogP contribution in [0.15, 0.2) is 22.5 Å². The van der Waals surface area contributed by atoms with Gasteiger partial charge in [0.1, 0.15) is 12.4 Å². The second kappa shape index (κ2) is 10.9. The number of nitrogens with zero attached hydrogens (tertiary/aromatic N) is 4. The fourth-order valence-corrected chi connectivity index (χ4v) is 3.32. The fraction of sp³-hybridized carbons (Fsp3) is 0.611. The first-order chi connectivity index (χ1) is 12.6. The van der Waals surface area contributed by atoms with Crippen LogP contribution in [0.25, 0.3) is 0 Å². The van der Waals surface area contributed by atoms with Crippen LogP contribution in [0.5, 0.6) is 0 Å². The van der Waals surface area contributed by atoms with E-state index in [1.54, 1.807) is 7.11 Å². The third-order valence-corrected chi connectivity index (χ3v) is 5.03. The molecular formula is C18H30N6OS. The lowest BCUT2D eigenvalue weighted by Gasteiger charge is -2.16. The second-order valence-corrected chi connectivity index (χ2v) is 7.46. The quantitative estimate of drug-likeness (QED) is 0.376. The molecule has 0 saturated carbocycles. The summed E-state index contributed by atoms with van der Waals surface area (Å²) in [5, 5.41) is 17.2. The molecule has 2 aromatic heterocycles. The molecule has 0 fully saturated rings. The van der Waals surface area contributed by atoms with Gasteiger partial charge in [-0.15, -0.1) is 21.5 Å². The molecule has 2 heterocycles. The molecule has 2 N–H and O–H groups in total. The van der Waals surface area contributed by atoms with Crippen LogP contribution in [0.1, 0.15) is 29.9 Å². The smallest absolute Gasteiger partial charge is 0.191 e. The minimum atomic E-state index is 0.496. The third-order valence-electron chi connectivity index (χ3n) is 4.13. The van der Waals surface area contributed by atoms with E-state index in [4.69, 9.17) is 4.74 Å². The highest BCUT2D eigenvalue weighted by molar-refractivity contribution is 7.09. The zero-order valence-electron chi connectivity index (χ0n) is 16.2. The molecule has 0 radical (unpaired) electrons. The number of nitrogens with one attached hydrogen (secondary N) is 2. The number of hydrogen-bond acceptors (Lipinski definition) is 5. The Hall–Kier alpha value is -1.93. The van der Waals surface area contributed by atoms with Crippen molar-refractivity contribution in [1.29, 1.82) is 0 Å². The Morgan fingerprint density at radius 1 is 1.38 bits per heavy atom. The highest BCUT2D eigenvalue weighted by atomic mass is 32.1. The van der Waals surface area contributed by atoms with Crippen molar-refractivity contribution in [1.82, 2.24) is 25.4 Å². The van der Waals surface area contributed by atoms with Gasteiger partial charge in [-0.3, -0.25) is 0 Å². The van der Waals surface area contributed by atoms with E-state index in [9.17, 15) is 0 Å². The molecule has 144 valence electrons. The van der Waals surface area contributed by atoms with E-state index in [0.717, 1.165) is 50.1 Å². The Bertz CT molecular complexity index is 667. The summed E-state index contributed by atoms with van der Waals surface area (Å²) >= 11 is 1.81. The monoisotopic (exact) mass is 378 g/mol. The maximum atomic E-state index is 5.11. The average molecular weight is 379 g/mol. The summed E-state index contributed by atoms with van der Waals surface area (Å²) in [6, 6.07) is 4.29. The molecule has 1 atom stereocenters. The van der Waals surface area contributed by atoms with Crippen LogP contribution < -0.4 is 10.6 Å². The molecule has 26 heavy (non-hydrogen) atoms. The maximum Gasteiger partial charge on any atom is 0.191 e. The number of aliphatic imine (C=N–C) groups is 1. The Morgan fingerprint density at radius 3 is 2.88 bits per heavy atom. The van der Waals surface area contributed by atoms with E-state index in [0.29, 0.717) is 12.5 Å². The lowest BCUT2D eigenvalue weighted by Crippen LogP contribution is -2.40. The van der Waals surface area contributed by atoms with Gasteiger partial charge < -0.3 is 19.9 Å². The van der Waals surface area contributed by atoms with Crippen molar-refractivity contribution in [3.05, 3.63) is 34.0 Å². The van der Waals surface area contributed by atoms with E-state index in [-0.39, 0.29) is 0 Å². The van der Waals surface area contributed by atoms with Crippen LogP contribution in [-0.2, 0) is 24.8 Å². The number of aryl methyl sites for hydroxylation is 1. The first kappa shape index (κ1) is 20.4. The van der Waals surface area contributed by atoms with Gasteiger partial charge in [-0.1, -0.05) is 13.0 Å². The summed E-state index contributed by atoms with van der Waals surface area (Å²) in [5.74, 6) is 3.07. The number of methoxy groups -OCH3 is 1. The first-order valence-electron chi connectivity index (χ1n) is 8.98. The van der Waals surface area contributed by atoms with E-state index in [2.05, 4.69) is 50.3 Å². The van der Waals surface area contributed by atoms with Crippen LogP contribution in [-0.4, -0.2) is 47.5 Å². The van der Waals surface area contributed by atoms with Gasteiger partial charge >= 0.3 is 0 Å². The highest BCUT2D eigenvalue weighted by Crippen LogP contribution is 2.13. The number of thiophene rings is 1. The summed E-state index contributed by atoms with van der Waals surface area (Å²) in [6.45, 7) is 7.10. The Balaban J connectivity index is 1.89. The van der Waals surface area contributed by atoms with Crippen LogP contribution >= 0.6 is 11.3 Å². The van der Waals surface area contributed by atoms with Gasteiger partial charge in [0, 0.05) is 38.7 Å². The van der Waals surface area contributed by atoms with Crippen LogP contribution in [0.4, 0.5) is 0 Å². The Morgan fingerprint density at radius 2 is 2.23 bits per heavy atom. The third kappa shape index (κ3) is 6.76. The van der Waals surface area contributed by atoms with E-state index in [1.807, 2.05) is 29.9 Å². The van der Waals surface area contributed by atoms with E-state index in [1.165, 1.54) is 4.88 Å². The summed E-state index contributed by atoms with van der Waals surface area (Å²) in [6.07, 6.45) is 2.01. The minimum Gasteiger partial charge on any atom is -0.385 e. The normalized spacial score (nSPS) is 13.0. The van der Waals surface area contributed by atoms with Crippen molar-refractivity contribution in [3.63, 3.8) is 0 Å². The molecule has 0 aliphatic rings. The molecule has 0 amide bonds. The first-order valence-corrected chi connectivity index (χ1v) is 9.86. The van der Waals surface area contributed by atoms with Gasteiger partial charge in [0.15, 0.2) is 11.8 Å². The zero-order valence-corrected chi connectivity index (χ0v) is 17.0. The predicted octanol–water partition coefficient (Wildman–Crippen LogP) is 2.14. The fourth-order valence-electron chi connectivity index (χ4n) is 2.45. The summed E-state index contributed by atoms with van der Waals surface area (Å²) in [7, 11) is 3.68. The van der Waals surface area contributed by atoms with Crippen LogP contribution in [0, 0.1) is 12.8 Å². The molecule has 0 aliphatic carbocycles. The van der Waals surface area contributed by atoms with E-state index >= 15 is 0 Å². The lowest BCUT2D eigenvalue weighted by molar-refractivity contribution is 0.195. The summed E-state index contributed by atoms with van der Waals surface area (Å²) < 4.78 is 7.07. The van der Waals surface area contributed by atoms with Crippen molar-refractivity contribution < 1.29 is 4.74 Å². The molecule has 0 spiro atoms. The molecule has 0 aromatic carbocycles. The van der Waals surface area contributed by atoms with Crippen molar-refractivity contribution in [3.8, 4) is 0 Å². The number of ether oxygens (including phenoxy) is 1. The lowest BCUT2D eigenvalue weighted by atomic mass is 10.1. The molecule has 0 saturated heterocycles. The highest BCUT2D eigenvalue weighted by Gasteiger charge is 2.08. The summed E-state index contributed by atoms with van der Waals surface area (Å²) in [4.78, 5) is 6.08. The van der Waals surface area contributed by atoms with Gasteiger partial charge in [0.2, 0.25) is 0 Å². The van der Waals surface area contributed by atoms with Gasteiger partial charge in [0.05, 0.1) is 0 Å². The average Bonchev–Trinajstić information content (AvgIpc) is 3.24. The summed E-state index contributed by atoms with van der Waals surface area (Å²) in [5.41, 5.74) is 0. The molecule has 0 aliphatic heterocycles. The molecule has 7 nitrogen and oxygen atoms in total. The maximum absolute atomic E-state index is 5.11. The topological polar surface area (TPSA) is 76.4 Å². The molecular weight excluding hydrogens is 348 g/mol. The van der Waals surface area contributed by atoms with Gasteiger partial charge in [-0.05, 0) is 37.1 Å². The van der Waals surface area contributed by atoms with Crippen LogP contribution in [0.3, 0.4) is 0 Å². The van der Waals surface area contributed by atoms with Gasteiger partial charge in [-0.25, -0.2) is 4.99 Å². The molecule has 8 heteroatoms. The van der Waals surface area contributed by atoms with Crippen molar-refractivity contribution in [2.24, 2.45) is 18.0 Å². The predicted molar refractivity (Wildman–Crippen MR) is 107 cm³/mol. The molecule has 0 bridgehead atoms. The molecule has 1 unspecified atom stereocenters. The van der Waals surface area contributed by atoms with Crippen molar-refractivity contribution in [2.75, 3.05) is 26.8 Å². The number of guanidine groups is 1. The van der Waals surface area contributed by atoms with E-state index < -0.39 is 0 Å². The molecule has 2 aromatic rings. The van der Waals surface area contributed by atoms with Gasteiger partial charge in [0.25, 0.3) is 0 Å². The second-order valence-electron chi connectivity index (χ2n) is 6.43. The minimum absolute atomic E-state index is 0.496. The Labute approximate surface area is 159 Å². The Kier molecular flexibility index (Phi) is 8.57. The van der Waals surface area contributed by atoms with Gasteiger partial charge in [-0.2, -0.15) is 0 Å². The SMILES string of the molecule is COCCCNC(=NCc1nnc(C)n1C)NCC(C)Cc1cccs1. The number of hydrogen-bond donors (Lipinski definition) is 2. The largest absolute Gasteiger partial charge is 0.385 e.